The Hall–Kier alpha value is -2.67. The maximum absolute atomic E-state index is 13.2. The smallest absolute Gasteiger partial charge is 0.262 e. The molecule has 2 aromatic heterocycles. The molecule has 4 rings (SSSR count). The Morgan fingerprint density at radius 2 is 1.94 bits per heavy atom. The van der Waals surface area contributed by atoms with Crippen LogP contribution < -0.4 is 10.9 Å². The molecule has 1 N–H and O–H groups in total. The fraction of sp³-hybridized carbons (Fsp3) is 0.417. The number of rotatable bonds is 6. The van der Waals surface area contributed by atoms with Crippen LogP contribution in [0, 0.1) is 11.8 Å². The Morgan fingerprint density at radius 1 is 1.16 bits per heavy atom. The molecule has 0 radical (unpaired) electrons. The van der Waals surface area contributed by atoms with Gasteiger partial charge >= 0.3 is 0 Å². The molecule has 162 valence electrons. The van der Waals surface area contributed by atoms with Crippen molar-refractivity contribution in [1.82, 2.24) is 19.9 Å². The van der Waals surface area contributed by atoms with E-state index in [1.54, 1.807) is 23.0 Å². The first kappa shape index (κ1) is 21.6. The molecule has 1 fully saturated rings. The predicted octanol–water partition coefficient (Wildman–Crippen LogP) is 3.87. The Balaban J connectivity index is 1.55. The number of para-hydroxylation sites is 1. The van der Waals surface area contributed by atoms with Crippen molar-refractivity contribution in [2.45, 2.75) is 50.9 Å². The second kappa shape index (κ2) is 9.64. The monoisotopic (exact) mass is 436 g/mol. The Morgan fingerprint density at radius 3 is 2.74 bits per heavy atom. The van der Waals surface area contributed by atoms with E-state index in [0.717, 1.165) is 18.4 Å². The van der Waals surface area contributed by atoms with Crippen LogP contribution in [0.5, 0.6) is 0 Å². The molecule has 0 aliphatic heterocycles. The third kappa shape index (κ3) is 4.98. The van der Waals surface area contributed by atoms with Crippen molar-refractivity contribution in [3.63, 3.8) is 0 Å². The summed E-state index contributed by atoms with van der Waals surface area (Å²) in [6, 6.07) is 11.3. The molecule has 1 aliphatic rings. The number of carbonyl (C=O) groups excluding carboxylic acids is 1. The highest BCUT2D eigenvalue weighted by Crippen LogP contribution is 2.29. The van der Waals surface area contributed by atoms with Gasteiger partial charge in [0, 0.05) is 18.4 Å². The molecule has 1 amide bonds. The Labute approximate surface area is 186 Å². The third-order valence-corrected chi connectivity index (χ3v) is 7.28. The highest BCUT2D eigenvalue weighted by Gasteiger charge is 2.28. The van der Waals surface area contributed by atoms with Crippen molar-refractivity contribution < 1.29 is 4.79 Å². The summed E-state index contributed by atoms with van der Waals surface area (Å²) in [6.45, 7) is 4.87. The summed E-state index contributed by atoms with van der Waals surface area (Å²) < 4.78 is 1.65. The second-order valence-corrected chi connectivity index (χ2v) is 9.33. The SMILES string of the molecule is C[C@H]1[C@H](C)CCC[C@@H]1NC(=O)CSc1nc2ccccc2c(=O)n1Cc1ccncc1. The van der Waals surface area contributed by atoms with Gasteiger partial charge < -0.3 is 5.32 Å². The van der Waals surface area contributed by atoms with E-state index in [-0.39, 0.29) is 23.3 Å². The van der Waals surface area contributed by atoms with Crippen molar-refractivity contribution in [1.29, 1.82) is 0 Å². The molecule has 0 bridgehead atoms. The molecule has 2 heterocycles. The highest BCUT2D eigenvalue weighted by atomic mass is 32.2. The third-order valence-electron chi connectivity index (χ3n) is 6.30. The molecular formula is C24H28N4O2S. The van der Waals surface area contributed by atoms with E-state index in [9.17, 15) is 9.59 Å². The maximum atomic E-state index is 13.2. The van der Waals surface area contributed by atoms with Gasteiger partial charge in [0.25, 0.3) is 5.56 Å². The molecule has 0 spiro atoms. The van der Waals surface area contributed by atoms with E-state index in [1.165, 1.54) is 18.2 Å². The molecule has 6 nitrogen and oxygen atoms in total. The van der Waals surface area contributed by atoms with E-state index >= 15 is 0 Å². The predicted molar refractivity (Wildman–Crippen MR) is 124 cm³/mol. The molecule has 3 atom stereocenters. The number of hydrogen-bond acceptors (Lipinski definition) is 5. The highest BCUT2D eigenvalue weighted by molar-refractivity contribution is 7.99. The van der Waals surface area contributed by atoms with Crippen molar-refractivity contribution >= 4 is 28.6 Å². The number of thioether (sulfide) groups is 1. The van der Waals surface area contributed by atoms with E-state index in [2.05, 4.69) is 24.1 Å². The van der Waals surface area contributed by atoms with Gasteiger partial charge in [0.2, 0.25) is 5.91 Å². The zero-order valence-corrected chi connectivity index (χ0v) is 18.8. The molecule has 3 aromatic rings. The Bertz CT molecular complexity index is 1120. The average molecular weight is 437 g/mol. The van der Waals surface area contributed by atoms with Gasteiger partial charge in [-0.1, -0.05) is 50.6 Å². The molecule has 7 heteroatoms. The number of nitrogens with zero attached hydrogens (tertiary/aromatic N) is 3. The number of hydrogen-bond donors (Lipinski definition) is 1. The first-order chi connectivity index (χ1) is 15.0. The molecule has 1 aromatic carbocycles. The summed E-state index contributed by atoms with van der Waals surface area (Å²) in [5.41, 5.74) is 1.52. The first-order valence-corrected chi connectivity index (χ1v) is 11.8. The number of carbonyl (C=O) groups is 1. The lowest BCUT2D eigenvalue weighted by Crippen LogP contribution is -2.44. The van der Waals surface area contributed by atoms with Crippen LogP contribution in [0.25, 0.3) is 10.9 Å². The zero-order chi connectivity index (χ0) is 21.8. The van der Waals surface area contributed by atoms with Gasteiger partial charge in [0.1, 0.15) is 0 Å². The van der Waals surface area contributed by atoms with Gasteiger partial charge in [-0.2, -0.15) is 0 Å². The standard InChI is InChI=1S/C24H28N4O2S/c1-16-6-5-9-20(17(16)2)26-22(29)15-31-24-27-21-8-4-3-7-19(21)23(30)28(24)14-18-10-12-25-13-11-18/h3-4,7-8,10-13,16-17,20H,5-6,9,14-15H2,1-2H3,(H,26,29)/t16-,17+,20+/m1/s1. The van der Waals surface area contributed by atoms with E-state index in [4.69, 9.17) is 4.98 Å². The van der Waals surface area contributed by atoms with Crippen molar-refractivity contribution in [3.05, 3.63) is 64.7 Å². The lowest BCUT2D eigenvalue weighted by Gasteiger charge is -2.34. The fourth-order valence-electron chi connectivity index (χ4n) is 4.23. The van der Waals surface area contributed by atoms with Crippen molar-refractivity contribution in [2.75, 3.05) is 5.75 Å². The molecule has 0 unspecified atom stereocenters. The van der Waals surface area contributed by atoms with Crippen molar-refractivity contribution in [2.24, 2.45) is 11.8 Å². The lowest BCUT2D eigenvalue weighted by molar-refractivity contribution is -0.120. The molecule has 1 saturated carbocycles. The van der Waals surface area contributed by atoms with E-state index in [1.807, 2.05) is 30.3 Å². The number of amides is 1. The summed E-state index contributed by atoms with van der Waals surface area (Å²) >= 11 is 1.32. The fourth-order valence-corrected chi connectivity index (χ4v) is 5.04. The number of pyridine rings is 1. The largest absolute Gasteiger partial charge is 0.352 e. The normalized spacial score (nSPS) is 21.2. The topological polar surface area (TPSA) is 76.9 Å². The molecule has 31 heavy (non-hydrogen) atoms. The molecular weight excluding hydrogens is 408 g/mol. The van der Waals surface area contributed by atoms with Crippen LogP contribution in [0.15, 0.2) is 58.7 Å². The van der Waals surface area contributed by atoms with Gasteiger partial charge in [-0.15, -0.1) is 0 Å². The van der Waals surface area contributed by atoms with Crippen molar-refractivity contribution in [3.8, 4) is 0 Å². The van der Waals surface area contributed by atoms with E-state index in [0.29, 0.717) is 34.4 Å². The summed E-state index contributed by atoms with van der Waals surface area (Å²) in [7, 11) is 0. The number of benzene rings is 1. The first-order valence-electron chi connectivity index (χ1n) is 10.8. The van der Waals surface area contributed by atoms with Crippen LogP contribution in [-0.2, 0) is 11.3 Å². The van der Waals surface area contributed by atoms with Crippen LogP contribution in [-0.4, -0.2) is 32.2 Å². The Kier molecular flexibility index (Phi) is 6.70. The number of aromatic nitrogens is 3. The van der Waals surface area contributed by atoms with Gasteiger partial charge in [-0.3, -0.25) is 19.1 Å². The summed E-state index contributed by atoms with van der Waals surface area (Å²) in [5, 5.41) is 4.34. The van der Waals surface area contributed by atoms with Gasteiger partial charge in [-0.25, -0.2) is 4.98 Å². The van der Waals surface area contributed by atoms with Gasteiger partial charge in [0.15, 0.2) is 5.16 Å². The summed E-state index contributed by atoms with van der Waals surface area (Å²) in [5.74, 6) is 1.33. The number of fused-ring (bicyclic) bond motifs is 1. The van der Waals surface area contributed by atoms with Crippen LogP contribution in [0.1, 0.15) is 38.7 Å². The van der Waals surface area contributed by atoms with Gasteiger partial charge in [0.05, 0.1) is 23.2 Å². The molecule has 0 saturated heterocycles. The average Bonchev–Trinajstić information content (AvgIpc) is 2.78. The van der Waals surface area contributed by atoms with Crippen LogP contribution in [0.4, 0.5) is 0 Å². The van der Waals surface area contributed by atoms with Crippen LogP contribution in [0.2, 0.25) is 0 Å². The number of nitrogens with one attached hydrogen (secondary N) is 1. The van der Waals surface area contributed by atoms with Crippen LogP contribution in [0.3, 0.4) is 0 Å². The lowest BCUT2D eigenvalue weighted by atomic mass is 9.78. The quantitative estimate of drug-likeness (QED) is 0.469. The van der Waals surface area contributed by atoms with Gasteiger partial charge in [-0.05, 0) is 48.1 Å². The summed E-state index contributed by atoms with van der Waals surface area (Å²) in [6.07, 6.45) is 6.83. The minimum atomic E-state index is -0.0972. The van der Waals surface area contributed by atoms with E-state index < -0.39 is 0 Å². The molecule has 1 aliphatic carbocycles. The maximum Gasteiger partial charge on any atom is 0.262 e. The minimum absolute atomic E-state index is 0.00572. The second-order valence-electron chi connectivity index (χ2n) is 8.39. The summed E-state index contributed by atoms with van der Waals surface area (Å²) in [4.78, 5) is 34.6. The van der Waals surface area contributed by atoms with Crippen LogP contribution >= 0.6 is 11.8 Å². The zero-order valence-electron chi connectivity index (χ0n) is 18.0. The minimum Gasteiger partial charge on any atom is -0.352 e.